The van der Waals surface area contributed by atoms with E-state index in [1.807, 2.05) is 13.1 Å². The monoisotopic (exact) mass is 221 g/mol. The van der Waals surface area contributed by atoms with E-state index in [9.17, 15) is 0 Å². The van der Waals surface area contributed by atoms with Crippen LogP contribution in [0.4, 0.5) is 11.8 Å². The first-order chi connectivity index (χ1) is 7.15. The molecule has 0 spiro atoms. The van der Waals surface area contributed by atoms with Crippen molar-refractivity contribution in [3.63, 3.8) is 0 Å². The van der Waals surface area contributed by atoms with Crippen molar-refractivity contribution in [1.29, 1.82) is 0 Å². The van der Waals surface area contributed by atoms with E-state index in [2.05, 4.69) is 15.0 Å². The normalized spacial score (nSPS) is 10.5. The van der Waals surface area contributed by atoms with Crippen LogP contribution in [0, 0.1) is 6.92 Å². The summed E-state index contributed by atoms with van der Waals surface area (Å²) in [4.78, 5) is 13.1. The topological polar surface area (TPSA) is 90.7 Å². The fourth-order valence-electron chi connectivity index (χ4n) is 1.25. The molecule has 0 amide bonds. The molecule has 0 aliphatic carbocycles. The van der Waals surface area contributed by atoms with Crippen molar-refractivity contribution < 1.29 is 0 Å². The van der Waals surface area contributed by atoms with E-state index in [0.29, 0.717) is 12.2 Å². The predicted octanol–water partition coefficient (Wildman–Crippen LogP) is 0.997. The molecule has 0 saturated carbocycles. The molecule has 2 aromatic rings. The average molecular weight is 221 g/mol. The van der Waals surface area contributed by atoms with Crippen molar-refractivity contribution in [1.82, 2.24) is 15.0 Å². The zero-order valence-corrected chi connectivity index (χ0v) is 9.08. The Kier molecular flexibility index (Phi) is 2.51. The number of hydrogen-bond donors (Lipinski definition) is 2. The third kappa shape index (κ3) is 2.21. The van der Waals surface area contributed by atoms with Gasteiger partial charge in [-0.05, 0) is 6.92 Å². The summed E-state index contributed by atoms with van der Waals surface area (Å²) in [6.07, 6.45) is 4.21. The van der Waals surface area contributed by atoms with Crippen LogP contribution in [0.2, 0.25) is 0 Å². The molecule has 0 bridgehead atoms. The summed E-state index contributed by atoms with van der Waals surface area (Å²) in [5, 5.41) is 1.04. The first-order valence-electron chi connectivity index (χ1n) is 4.43. The number of anilines is 2. The van der Waals surface area contributed by atoms with E-state index in [1.54, 1.807) is 17.5 Å². The molecule has 0 saturated heterocycles. The van der Waals surface area contributed by atoms with Gasteiger partial charge in [-0.15, -0.1) is 11.3 Å². The molecule has 2 rings (SSSR count). The van der Waals surface area contributed by atoms with Gasteiger partial charge in [0.2, 0.25) is 5.95 Å². The Labute approximate surface area is 91.2 Å². The van der Waals surface area contributed by atoms with Crippen LogP contribution < -0.4 is 11.5 Å². The zero-order chi connectivity index (χ0) is 10.8. The molecule has 2 heterocycles. The third-order valence-electron chi connectivity index (χ3n) is 1.95. The zero-order valence-electron chi connectivity index (χ0n) is 8.27. The molecule has 0 aromatic carbocycles. The lowest BCUT2D eigenvalue weighted by Crippen LogP contribution is -2.03. The van der Waals surface area contributed by atoms with Gasteiger partial charge in [-0.25, -0.2) is 9.97 Å². The summed E-state index contributed by atoms with van der Waals surface area (Å²) in [7, 11) is 0. The standard InChI is InChI=1S/C9H11N5S/c1-5-12-4-7(15-5)2-6-3-13-9(11)14-8(6)10/h3-4H,2H2,1H3,(H4,10,11,13,14). The lowest BCUT2D eigenvalue weighted by atomic mass is 10.2. The molecule has 78 valence electrons. The summed E-state index contributed by atoms with van der Waals surface area (Å²) < 4.78 is 0. The summed E-state index contributed by atoms with van der Waals surface area (Å²) in [5.74, 6) is 0.644. The van der Waals surface area contributed by atoms with Gasteiger partial charge in [0.1, 0.15) is 5.82 Å². The minimum atomic E-state index is 0.205. The Bertz CT molecular complexity index is 479. The van der Waals surface area contributed by atoms with E-state index < -0.39 is 0 Å². The highest BCUT2D eigenvalue weighted by atomic mass is 32.1. The Morgan fingerprint density at radius 3 is 2.67 bits per heavy atom. The van der Waals surface area contributed by atoms with Crippen LogP contribution in [0.1, 0.15) is 15.4 Å². The van der Waals surface area contributed by atoms with Crippen LogP contribution in [0.25, 0.3) is 0 Å². The van der Waals surface area contributed by atoms with Crippen LogP contribution >= 0.6 is 11.3 Å². The minimum Gasteiger partial charge on any atom is -0.383 e. The molecule has 6 heteroatoms. The summed E-state index contributed by atoms with van der Waals surface area (Å²) in [5.41, 5.74) is 12.0. The van der Waals surface area contributed by atoms with Crippen molar-refractivity contribution in [2.24, 2.45) is 0 Å². The molecule has 0 aliphatic heterocycles. The molecular weight excluding hydrogens is 210 g/mol. The van der Waals surface area contributed by atoms with Crippen molar-refractivity contribution in [3.8, 4) is 0 Å². The molecule has 0 unspecified atom stereocenters. The SMILES string of the molecule is Cc1ncc(Cc2cnc(N)nc2N)s1. The highest BCUT2D eigenvalue weighted by molar-refractivity contribution is 7.11. The van der Waals surface area contributed by atoms with Crippen LogP contribution in [-0.4, -0.2) is 15.0 Å². The number of nitrogen functional groups attached to an aromatic ring is 2. The van der Waals surface area contributed by atoms with E-state index in [-0.39, 0.29) is 5.95 Å². The van der Waals surface area contributed by atoms with Crippen LogP contribution in [0.3, 0.4) is 0 Å². The maximum absolute atomic E-state index is 5.73. The number of nitrogens with zero attached hydrogens (tertiary/aromatic N) is 3. The van der Waals surface area contributed by atoms with Gasteiger partial charge in [0, 0.05) is 29.3 Å². The summed E-state index contributed by atoms with van der Waals surface area (Å²) in [6, 6.07) is 0. The number of thiazole rings is 1. The van der Waals surface area contributed by atoms with Gasteiger partial charge in [-0.2, -0.15) is 4.98 Å². The highest BCUT2D eigenvalue weighted by Crippen LogP contribution is 2.18. The van der Waals surface area contributed by atoms with Crippen molar-refractivity contribution in [3.05, 3.63) is 27.8 Å². The molecule has 5 nitrogen and oxygen atoms in total. The largest absolute Gasteiger partial charge is 0.383 e. The van der Waals surface area contributed by atoms with Gasteiger partial charge in [0.05, 0.1) is 5.01 Å². The number of nitrogens with two attached hydrogens (primary N) is 2. The minimum absolute atomic E-state index is 0.205. The lowest BCUT2D eigenvalue weighted by Gasteiger charge is -2.02. The van der Waals surface area contributed by atoms with Crippen molar-refractivity contribution in [2.75, 3.05) is 11.5 Å². The second kappa shape index (κ2) is 3.82. The summed E-state index contributed by atoms with van der Waals surface area (Å²) >= 11 is 1.64. The number of hydrogen-bond acceptors (Lipinski definition) is 6. The number of aromatic nitrogens is 3. The molecule has 0 atom stereocenters. The Balaban J connectivity index is 2.24. The quantitative estimate of drug-likeness (QED) is 0.789. The van der Waals surface area contributed by atoms with Crippen LogP contribution in [0.15, 0.2) is 12.4 Å². The fraction of sp³-hybridized carbons (Fsp3) is 0.222. The first-order valence-corrected chi connectivity index (χ1v) is 5.25. The first kappa shape index (κ1) is 9.85. The molecule has 4 N–H and O–H groups in total. The van der Waals surface area contributed by atoms with Gasteiger partial charge in [0.25, 0.3) is 0 Å². The van der Waals surface area contributed by atoms with Crippen molar-refractivity contribution >= 4 is 23.1 Å². The second-order valence-electron chi connectivity index (χ2n) is 3.16. The lowest BCUT2D eigenvalue weighted by molar-refractivity contribution is 1.10. The number of rotatable bonds is 2. The predicted molar refractivity (Wildman–Crippen MR) is 60.5 cm³/mol. The smallest absolute Gasteiger partial charge is 0.221 e. The van der Waals surface area contributed by atoms with Gasteiger partial charge < -0.3 is 11.5 Å². The molecule has 0 fully saturated rings. The molecular formula is C9H11N5S. The van der Waals surface area contributed by atoms with E-state index in [0.717, 1.165) is 15.4 Å². The molecule has 15 heavy (non-hydrogen) atoms. The van der Waals surface area contributed by atoms with Gasteiger partial charge in [-0.1, -0.05) is 0 Å². The third-order valence-corrected chi connectivity index (χ3v) is 2.86. The maximum Gasteiger partial charge on any atom is 0.221 e. The van der Waals surface area contributed by atoms with E-state index in [4.69, 9.17) is 11.5 Å². The second-order valence-corrected chi connectivity index (χ2v) is 4.48. The molecule has 0 aliphatic rings. The fourth-order valence-corrected chi connectivity index (χ4v) is 2.06. The maximum atomic E-state index is 5.73. The Hall–Kier alpha value is -1.69. The van der Waals surface area contributed by atoms with Crippen LogP contribution in [0.5, 0.6) is 0 Å². The molecule has 2 aromatic heterocycles. The number of aryl methyl sites for hydroxylation is 1. The van der Waals surface area contributed by atoms with E-state index in [1.165, 1.54) is 0 Å². The van der Waals surface area contributed by atoms with Crippen molar-refractivity contribution in [2.45, 2.75) is 13.3 Å². The Morgan fingerprint density at radius 1 is 1.27 bits per heavy atom. The Morgan fingerprint density at radius 2 is 2.07 bits per heavy atom. The summed E-state index contributed by atoms with van der Waals surface area (Å²) in [6.45, 7) is 1.97. The van der Waals surface area contributed by atoms with Gasteiger partial charge in [0.15, 0.2) is 0 Å². The highest BCUT2D eigenvalue weighted by Gasteiger charge is 2.05. The van der Waals surface area contributed by atoms with Gasteiger partial charge in [-0.3, -0.25) is 0 Å². The van der Waals surface area contributed by atoms with Crippen LogP contribution in [-0.2, 0) is 6.42 Å². The van der Waals surface area contributed by atoms with E-state index >= 15 is 0 Å². The van der Waals surface area contributed by atoms with Gasteiger partial charge >= 0.3 is 0 Å². The molecule has 0 radical (unpaired) electrons. The average Bonchev–Trinajstić information content (AvgIpc) is 2.56.